The second-order valence-corrected chi connectivity index (χ2v) is 7.09. The Hall–Kier alpha value is -2.21. The first-order valence-electron chi connectivity index (χ1n) is 8.15. The number of amides is 1. The monoisotopic (exact) mass is 342 g/mol. The van der Waals surface area contributed by atoms with Crippen LogP contribution in [0.4, 0.5) is 0 Å². The second-order valence-electron chi connectivity index (χ2n) is 5.98. The van der Waals surface area contributed by atoms with Gasteiger partial charge in [0.2, 0.25) is 5.91 Å². The number of nitrogens with zero attached hydrogens (tertiary/aromatic N) is 3. The minimum Gasteiger partial charge on any atom is -0.356 e. The molecule has 126 valence electrons. The van der Waals surface area contributed by atoms with Gasteiger partial charge in [-0.05, 0) is 32.4 Å². The summed E-state index contributed by atoms with van der Waals surface area (Å²) in [5.41, 5.74) is 4.07. The summed E-state index contributed by atoms with van der Waals surface area (Å²) in [6.45, 7) is 4.62. The van der Waals surface area contributed by atoms with Crippen molar-refractivity contribution >= 4 is 27.5 Å². The molecule has 5 nitrogen and oxygen atoms in total. The van der Waals surface area contributed by atoms with Gasteiger partial charge < -0.3 is 5.32 Å². The molecule has 0 aliphatic rings. The number of hydrogen-bond acceptors (Lipinski definition) is 4. The molecule has 2 heterocycles. The molecule has 0 spiro atoms. The quantitative estimate of drug-likeness (QED) is 0.701. The standard InChI is InChI=1S/C18H22N4OS/c1-12-14(13(2)22(3)21-12)11-17(23)19-10-6-9-18-20-15-7-4-5-8-16(15)24-18/h4-5,7-8H,6,9-11H2,1-3H3,(H,19,23). The number of fused-ring (bicyclic) bond motifs is 1. The van der Waals surface area contributed by atoms with E-state index in [2.05, 4.69) is 21.5 Å². The van der Waals surface area contributed by atoms with Gasteiger partial charge in [-0.25, -0.2) is 4.98 Å². The maximum Gasteiger partial charge on any atom is 0.224 e. The highest BCUT2D eigenvalue weighted by Crippen LogP contribution is 2.22. The fraction of sp³-hybridized carbons (Fsp3) is 0.389. The summed E-state index contributed by atoms with van der Waals surface area (Å²) in [4.78, 5) is 16.7. The summed E-state index contributed by atoms with van der Waals surface area (Å²) in [6.07, 6.45) is 2.19. The lowest BCUT2D eigenvalue weighted by Crippen LogP contribution is -2.26. The Kier molecular flexibility index (Phi) is 4.94. The number of benzene rings is 1. The highest BCUT2D eigenvalue weighted by molar-refractivity contribution is 7.18. The summed E-state index contributed by atoms with van der Waals surface area (Å²) in [5.74, 6) is 0.0542. The van der Waals surface area contributed by atoms with Crippen LogP contribution in [0.3, 0.4) is 0 Å². The van der Waals surface area contributed by atoms with Gasteiger partial charge >= 0.3 is 0 Å². The molecule has 24 heavy (non-hydrogen) atoms. The first-order chi connectivity index (χ1) is 11.5. The van der Waals surface area contributed by atoms with Crippen molar-refractivity contribution in [1.29, 1.82) is 0 Å². The summed E-state index contributed by atoms with van der Waals surface area (Å²) >= 11 is 1.73. The molecule has 0 saturated carbocycles. The van der Waals surface area contributed by atoms with E-state index < -0.39 is 0 Å². The van der Waals surface area contributed by atoms with E-state index in [9.17, 15) is 4.79 Å². The van der Waals surface area contributed by atoms with Gasteiger partial charge in [0.1, 0.15) is 0 Å². The lowest BCUT2D eigenvalue weighted by atomic mass is 10.1. The number of rotatable bonds is 6. The van der Waals surface area contributed by atoms with Crippen LogP contribution in [0, 0.1) is 13.8 Å². The summed E-state index contributed by atoms with van der Waals surface area (Å²) in [6, 6.07) is 8.17. The average Bonchev–Trinajstić information content (AvgIpc) is 3.07. The first kappa shape index (κ1) is 16.6. The Morgan fingerprint density at radius 3 is 2.79 bits per heavy atom. The molecular weight excluding hydrogens is 320 g/mol. The molecule has 1 aromatic carbocycles. The van der Waals surface area contributed by atoms with E-state index in [1.165, 1.54) is 4.70 Å². The number of hydrogen-bond donors (Lipinski definition) is 1. The van der Waals surface area contributed by atoms with Crippen LogP contribution in [0.25, 0.3) is 10.2 Å². The van der Waals surface area contributed by atoms with Crippen LogP contribution in [0.1, 0.15) is 28.4 Å². The van der Waals surface area contributed by atoms with E-state index in [0.717, 1.165) is 40.3 Å². The third kappa shape index (κ3) is 3.64. The smallest absolute Gasteiger partial charge is 0.224 e. The zero-order valence-electron chi connectivity index (χ0n) is 14.3. The number of nitrogens with one attached hydrogen (secondary N) is 1. The third-order valence-electron chi connectivity index (χ3n) is 4.22. The van der Waals surface area contributed by atoms with Gasteiger partial charge in [0.15, 0.2) is 0 Å². The Labute approximate surface area is 145 Å². The number of carbonyl (C=O) groups is 1. The van der Waals surface area contributed by atoms with Crippen molar-refractivity contribution in [3.05, 3.63) is 46.2 Å². The molecule has 0 aliphatic carbocycles. The summed E-state index contributed by atoms with van der Waals surface area (Å²) in [7, 11) is 1.90. The van der Waals surface area contributed by atoms with E-state index in [1.54, 1.807) is 11.3 Å². The molecule has 3 aromatic rings. The predicted molar refractivity (Wildman–Crippen MR) is 97.3 cm³/mol. The molecular formula is C18H22N4OS. The largest absolute Gasteiger partial charge is 0.356 e. The van der Waals surface area contributed by atoms with Crippen molar-refractivity contribution in [3.63, 3.8) is 0 Å². The van der Waals surface area contributed by atoms with Crippen LogP contribution in [-0.2, 0) is 24.7 Å². The Bertz CT molecular complexity index is 832. The number of aryl methyl sites for hydroxylation is 3. The lowest BCUT2D eigenvalue weighted by Gasteiger charge is -2.05. The SMILES string of the molecule is Cc1nn(C)c(C)c1CC(=O)NCCCc1nc2ccccc2s1. The lowest BCUT2D eigenvalue weighted by molar-refractivity contribution is -0.120. The van der Waals surface area contributed by atoms with Gasteiger partial charge in [0.05, 0.1) is 27.3 Å². The van der Waals surface area contributed by atoms with Gasteiger partial charge in [-0.1, -0.05) is 12.1 Å². The number of carbonyl (C=O) groups excluding carboxylic acids is 1. The molecule has 3 rings (SSSR count). The molecule has 0 aliphatic heterocycles. The minimum absolute atomic E-state index is 0.0542. The molecule has 0 unspecified atom stereocenters. The normalized spacial score (nSPS) is 11.1. The summed E-state index contributed by atoms with van der Waals surface area (Å²) in [5, 5.41) is 8.48. The van der Waals surface area contributed by atoms with Crippen LogP contribution in [0.15, 0.2) is 24.3 Å². The molecule has 0 bridgehead atoms. The zero-order chi connectivity index (χ0) is 17.1. The third-order valence-corrected chi connectivity index (χ3v) is 5.32. The maximum atomic E-state index is 12.1. The van der Waals surface area contributed by atoms with E-state index in [-0.39, 0.29) is 5.91 Å². The molecule has 0 fully saturated rings. The van der Waals surface area contributed by atoms with Gasteiger partial charge in [0, 0.05) is 31.3 Å². The summed E-state index contributed by atoms with van der Waals surface area (Å²) < 4.78 is 3.05. The number of para-hydroxylation sites is 1. The highest BCUT2D eigenvalue weighted by Gasteiger charge is 2.13. The van der Waals surface area contributed by atoms with E-state index >= 15 is 0 Å². The average molecular weight is 342 g/mol. The van der Waals surface area contributed by atoms with Crippen molar-refractivity contribution in [1.82, 2.24) is 20.1 Å². The van der Waals surface area contributed by atoms with Crippen LogP contribution in [0.5, 0.6) is 0 Å². The van der Waals surface area contributed by atoms with Gasteiger partial charge in [-0.2, -0.15) is 5.10 Å². The molecule has 0 radical (unpaired) electrons. The predicted octanol–water partition coefficient (Wildman–Crippen LogP) is 2.94. The molecule has 1 amide bonds. The maximum absolute atomic E-state index is 12.1. The van der Waals surface area contributed by atoms with Crippen molar-refractivity contribution in [2.24, 2.45) is 7.05 Å². The van der Waals surface area contributed by atoms with Crippen molar-refractivity contribution in [2.75, 3.05) is 6.54 Å². The van der Waals surface area contributed by atoms with Gasteiger partial charge in [-0.3, -0.25) is 9.48 Å². The Morgan fingerprint density at radius 1 is 1.29 bits per heavy atom. The highest BCUT2D eigenvalue weighted by atomic mass is 32.1. The van der Waals surface area contributed by atoms with Gasteiger partial charge in [0.25, 0.3) is 0 Å². The van der Waals surface area contributed by atoms with E-state index in [1.807, 2.05) is 43.8 Å². The minimum atomic E-state index is 0.0542. The molecule has 6 heteroatoms. The molecule has 0 atom stereocenters. The molecule has 1 N–H and O–H groups in total. The fourth-order valence-electron chi connectivity index (χ4n) is 2.79. The van der Waals surface area contributed by atoms with Crippen LogP contribution < -0.4 is 5.32 Å². The van der Waals surface area contributed by atoms with Crippen molar-refractivity contribution in [2.45, 2.75) is 33.1 Å². The second kappa shape index (κ2) is 7.13. The van der Waals surface area contributed by atoms with Gasteiger partial charge in [-0.15, -0.1) is 11.3 Å². The number of thiazole rings is 1. The number of aromatic nitrogens is 3. The molecule has 2 aromatic heterocycles. The van der Waals surface area contributed by atoms with Crippen LogP contribution in [0.2, 0.25) is 0 Å². The Balaban J connectivity index is 1.46. The topological polar surface area (TPSA) is 59.8 Å². The first-order valence-corrected chi connectivity index (χ1v) is 8.96. The zero-order valence-corrected chi connectivity index (χ0v) is 15.1. The van der Waals surface area contributed by atoms with E-state index in [4.69, 9.17) is 0 Å². The molecule has 0 saturated heterocycles. The van der Waals surface area contributed by atoms with Crippen molar-refractivity contribution in [3.8, 4) is 0 Å². The van der Waals surface area contributed by atoms with Crippen LogP contribution >= 0.6 is 11.3 Å². The van der Waals surface area contributed by atoms with Crippen LogP contribution in [-0.4, -0.2) is 27.2 Å². The van der Waals surface area contributed by atoms with E-state index in [0.29, 0.717) is 13.0 Å². The van der Waals surface area contributed by atoms with Crippen molar-refractivity contribution < 1.29 is 4.79 Å². The fourth-order valence-corrected chi connectivity index (χ4v) is 3.80. The Morgan fingerprint density at radius 2 is 2.08 bits per heavy atom.